The van der Waals surface area contributed by atoms with Crippen LogP contribution in [-0.2, 0) is 11.3 Å². The van der Waals surface area contributed by atoms with Gasteiger partial charge in [0.05, 0.1) is 13.7 Å². The molecule has 3 rings (SSSR count). The highest BCUT2D eigenvalue weighted by atomic mass is 35.5. The standard InChI is InChI=1S/C18H16ClN3O2/c1-24-15-7-3-4-12(9-15)10-16-17(23)21-18(20)22(16)11-13-5-2-6-14(19)8-13/h2-10H,11H2,1H3,(H2,20,21,23)/b16-10+. The van der Waals surface area contributed by atoms with Gasteiger partial charge in [-0.3, -0.25) is 15.5 Å². The highest BCUT2D eigenvalue weighted by Gasteiger charge is 2.30. The van der Waals surface area contributed by atoms with Gasteiger partial charge in [-0.15, -0.1) is 0 Å². The average molecular weight is 342 g/mol. The number of carbonyl (C=O) groups excluding carboxylic acids is 1. The van der Waals surface area contributed by atoms with Crippen LogP contribution in [0, 0.1) is 5.41 Å². The summed E-state index contributed by atoms with van der Waals surface area (Å²) < 4.78 is 5.20. The first kappa shape index (κ1) is 16.1. The Labute approximate surface area is 145 Å². The second kappa shape index (κ2) is 6.76. The Hall–Kier alpha value is -2.79. The van der Waals surface area contributed by atoms with Crippen molar-refractivity contribution in [3.05, 3.63) is 70.4 Å². The molecule has 1 amide bonds. The van der Waals surface area contributed by atoms with Crippen molar-refractivity contribution in [2.24, 2.45) is 0 Å². The summed E-state index contributed by atoms with van der Waals surface area (Å²) in [5.74, 6) is 0.457. The average Bonchev–Trinajstić information content (AvgIpc) is 2.82. The Balaban J connectivity index is 1.92. The van der Waals surface area contributed by atoms with Crippen LogP contribution in [0.25, 0.3) is 6.08 Å². The van der Waals surface area contributed by atoms with Gasteiger partial charge in [-0.2, -0.15) is 0 Å². The van der Waals surface area contributed by atoms with Crippen LogP contribution >= 0.6 is 11.6 Å². The van der Waals surface area contributed by atoms with Crippen LogP contribution in [-0.4, -0.2) is 23.9 Å². The molecule has 0 aliphatic carbocycles. The van der Waals surface area contributed by atoms with E-state index in [1.54, 1.807) is 24.2 Å². The molecular weight excluding hydrogens is 326 g/mol. The van der Waals surface area contributed by atoms with E-state index in [2.05, 4.69) is 5.32 Å². The van der Waals surface area contributed by atoms with E-state index in [0.717, 1.165) is 11.1 Å². The van der Waals surface area contributed by atoms with Crippen molar-refractivity contribution in [2.75, 3.05) is 7.11 Å². The molecule has 122 valence electrons. The Bertz CT molecular complexity index is 833. The van der Waals surface area contributed by atoms with Gasteiger partial charge in [0, 0.05) is 5.02 Å². The van der Waals surface area contributed by atoms with Crippen LogP contribution in [0.1, 0.15) is 11.1 Å². The van der Waals surface area contributed by atoms with Gasteiger partial charge in [-0.1, -0.05) is 35.9 Å². The van der Waals surface area contributed by atoms with E-state index in [4.69, 9.17) is 21.7 Å². The second-order valence-corrected chi connectivity index (χ2v) is 5.76. The maximum absolute atomic E-state index is 12.2. The summed E-state index contributed by atoms with van der Waals surface area (Å²) in [6.07, 6.45) is 1.74. The Morgan fingerprint density at radius 2 is 2.04 bits per heavy atom. The third-order valence-corrected chi connectivity index (χ3v) is 3.89. The number of hydrogen-bond acceptors (Lipinski definition) is 3. The monoisotopic (exact) mass is 341 g/mol. The molecular formula is C18H16ClN3O2. The minimum Gasteiger partial charge on any atom is -0.497 e. The third-order valence-electron chi connectivity index (χ3n) is 3.65. The smallest absolute Gasteiger partial charge is 0.274 e. The van der Waals surface area contributed by atoms with Crippen molar-refractivity contribution in [3.8, 4) is 5.75 Å². The second-order valence-electron chi connectivity index (χ2n) is 5.32. The molecule has 0 bridgehead atoms. The van der Waals surface area contributed by atoms with Crippen molar-refractivity contribution in [2.45, 2.75) is 6.54 Å². The first-order valence-corrected chi connectivity index (χ1v) is 7.72. The zero-order chi connectivity index (χ0) is 17.1. The van der Waals surface area contributed by atoms with Crippen molar-refractivity contribution < 1.29 is 9.53 Å². The SMILES string of the molecule is COc1cccc(/C=C2\C(=O)NC(=N)N2Cc2cccc(Cl)c2)c1. The maximum Gasteiger partial charge on any atom is 0.274 e. The van der Waals surface area contributed by atoms with Gasteiger partial charge in [-0.25, -0.2) is 0 Å². The number of benzene rings is 2. The first-order chi connectivity index (χ1) is 11.6. The van der Waals surface area contributed by atoms with Gasteiger partial charge in [-0.05, 0) is 41.5 Å². The topological polar surface area (TPSA) is 65.4 Å². The number of nitrogens with one attached hydrogen (secondary N) is 2. The van der Waals surface area contributed by atoms with E-state index in [1.807, 2.05) is 42.5 Å². The van der Waals surface area contributed by atoms with Gasteiger partial charge in [0.2, 0.25) is 5.96 Å². The molecule has 1 heterocycles. The zero-order valence-corrected chi connectivity index (χ0v) is 13.8. The normalized spacial score (nSPS) is 15.8. The van der Waals surface area contributed by atoms with E-state index in [-0.39, 0.29) is 11.9 Å². The number of nitrogens with zero attached hydrogens (tertiary/aromatic N) is 1. The summed E-state index contributed by atoms with van der Waals surface area (Å²) in [5.41, 5.74) is 2.15. The number of halogens is 1. The predicted octanol–water partition coefficient (Wildman–Crippen LogP) is 3.26. The number of methoxy groups -OCH3 is 1. The van der Waals surface area contributed by atoms with Crippen LogP contribution in [0.3, 0.4) is 0 Å². The molecule has 6 heteroatoms. The molecule has 1 fully saturated rings. The fraction of sp³-hybridized carbons (Fsp3) is 0.111. The maximum atomic E-state index is 12.2. The van der Waals surface area contributed by atoms with E-state index in [1.165, 1.54) is 0 Å². The Morgan fingerprint density at radius 1 is 1.25 bits per heavy atom. The minimum atomic E-state index is -0.301. The predicted molar refractivity (Wildman–Crippen MR) is 93.8 cm³/mol. The van der Waals surface area contributed by atoms with Crippen LogP contribution in [0.2, 0.25) is 5.02 Å². The molecule has 0 atom stereocenters. The summed E-state index contributed by atoms with van der Waals surface area (Å²) in [4.78, 5) is 13.8. The lowest BCUT2D eigenvalue weighted by Gasteiger charge is -2.17. The molecule has 1 aliphatic heterocycles. The molecule has 1 saturated heterocycles. The Morgan fingerprint density at radius 3 is 2.79 bits per heavy atom. The van der Waals surface area contributed by atoms with Gasteiger partial charge >= 0.3 is 0 Å². The zero-order valence-electron chi connectivity index (χ0n) is 13.0. The number of guanidine groups is 1. The summed E-state index contributed by atoms with van der Waals surface area (Å²) >= 11 is 6.01. The molecule has 2 aromatic rings. The van der Waals surface area contributed by atoms with Crippen LogP contribution in [0.15, 0.2) is 54.2 Å². The molecule has 2 aromatic carbocycles. The lowest BCUT2D eigenvalue weighted by atomic mass is 10.1. The number of hydrogen-bond donors (Lipinski definition) is 2. The molecule has 0 saturated carbocycles. The van der Waals surface area contributed by atoms with E-state index in [9.17, 15) is 4.79 Å². The van der Waals surface area contributed by atoms with Gasteiger partial charge in [0.15, 0.2) is 0 Å². The van der Waals surface area contributed by atoms with Crippen LogP contribution in [0.4, 0.5) is 0 Å². The van der Waals surface area contributed by atoms with E-state index in [0.29, 0.717) is 23.0 Å². The van der Waals surface area contributed by atoms with Crippen molar-refractivity contribution in [1.82, 2.24) is 10.2 Å². The third kappa shape index (κ3) is 3.41. The summed E-state index contributed by atoms with van der Waals surface area (Å²) in [7, 11) is 1.59. The molecule has 5 nitrogen and oxygen atoms in total. The Kier molecular flexibility index (Phi) is 4.53. The first-order valence-electron chi connectivity index (χ1n) is 7.34. The lowest BCUT2D eigenvalue weighted by molar-refractivity contribution is -0.115. The number of rotatable bonds is 4. The van der Waals surface area contributed by atoms with Gasteiger partial charge in [0.1, 0.15) is 11.4 Å². The summed E-state index contributed by atoms with van der Waals surface area (Å²) in [5, 5.41) is 11.2. The van der Waals surface area contributed by atoms with E-state index < -0.39 is 0 Å². The molecule has 0 radical (unpaired) electrons. The minimum absolute atomic E-state index is 0.0501. The summed E-state index contributed by atoms with van der Waals surface area (Å²) in [6, 6.07) is 14.8. The fourth-order valence-electron chi connectivity index (χ4n) is 2.50. The largest absolute Gasteiger partial charge is 0.497 e. The number of carbonyl (C=O) groups is 1. The molecule has 2 N–H and O–H groups in total. The molecule has 0 aromatic heterocycles. The number of ether oxygens (including phenoxy) is 1. The van der Waals surface area contributed by atoms with Crippen molar-refractivity contribution >= 4 is 29.5 Å². The van der Waals surface area contributed by atoms with Crippen LogP contribution < -0.4 is 10.1 Å². The lowest BCUT2D eigenvalue weighted by Crippen LogP contribution is -2.28. The highest BCUT2D eigenvalue weighted by molar-refractivity contribution is 6.30. The molecule has 24 heavy (non-hydrogen) atoms. The van der Waals surface area contributed by atoms with E-state index >= 15 is 0 Å². The van der Waals surface area contributed by atoms with Crippen LogP contribution in [0.5, 0.6) is 5.75 Å². The number of amides is 1. The van der Waals surface area contributed by atoms with Crippen molar-refractivity contribution in [3.63, 3.8) is 0 Å². The highest BCUT2D eigenvalue weighted by Crippen LogP contribution is 2.22. The molecule has 0 spiro atoms. The van der Waals surface area contributed by atoms with Gasteiger partial charge in [0.25, 0.3) is 5.91 Å². The quantitative estimate of drug-likeness (QED) is 0.839. The van der Waals surface area contributed by atoms with Crippen molar-refractivity contribution in [1.29, 1.82) is 5.41 Å². The van der Waals surface area contributed by atoms with Gasteiger partial charge < -0.3 is 9.64 Å². The fourth-order valence-corrected chi connectivity index (χ4v) is 2.71. The molecule has 0 unspecified atom stereocenters. The molecule has 1 aliphatic rings. The summed E-state index contributed by atoms with van der Waals surface area (Å²) in [6.45, 7) is 0.383.